The zero-order chi connectivity index (χ0) is 13.4. The van der Waals surface area contributed by atoms with Crippen LogP contribution in [0.4, 0.5) is 11.4 Å². The van der Waals surface area contributed by atoms with Crippen molar-refractivity contribution in [3.8, 4) is 6.07 Å². The van der Waals surface area contributed by atoms with E-state index in [1.54, 1.807) is 6.07 Å². The summed E-state index contributed by atoms with van der Waals surface area (Å²) in [6.07, 6.45) is 6.22. The third-order valence-electron chi connectivity index (χ3n) is 3.06. The van der Waals surface area contributed by atoms with Crippen molar-refractivity contribution >= 4 is 11.4 Å². The topological polar surface area (TPSA) is 61.8 Å². The SMILES string of the molecule is CCCCCCC(C)Nc1ccc(N)cc1C#N. The van der Waals surface area contributed by atoms with Crippen LogP contribution in [-0.4, -0.2) is 6.04 Å². The number of benzene rings is 1. The van der Waals surface area contributed by atoms with Crippen LogP contribution in [-0.2, 0) is 0 Å². The van der Waals surface area contributed by atoms with Gasteiger partial charge in [0.25, 0.3) is 0 Å². The molecule has 0 heterocycles. The van der Waals surface area contributed by atoms with Crippen LogP contribution in [0.1, 0.15) is 51.5 Å². The maximum atomic E-state index is 9.06. The fraction of sp³-hybridized carbons (Fsp3) is 0.533. The van der Waals surface area contributed by atoms with Gasteiger partial charge in [0.15, 0.2) is 0 Å². The molecular weight excluding hydrogens is 222 g/mol. The Balaban J connectivity index is 2.49. The zero-order valence-corrected chi connectivity index (χ0v) is 11.4. The standard InChI is InChI=1S/C15H23N3/c1-3-4-5-6-7-12(2)18-15-9-8-14(17)10-13(15)11-16/h8-10,12,18H,3-7,17H2,1-2H3. The molecule has 0 bridgehead atoms. The number of hydrogen-bond acceptors (Lipinski definition) is 3. The summed E-state index contributed by atoms with van der Waals surface area (Å²) in [5.41, 5.74) is 7.81. The predicted octanol–water partition coefficient (Wildman–Crippen LogP) is 3.91. The fourth-order valence-electron chi connectivity index (χ4n) is 2.00. The highest BCUT2D eigenvalue weighted by molar-refractivity contribution is 5.63. The Bertz CT molecular complexity index is 407. The van der Waals surface area contributed by atoms with Crippen LogP contribution in [0.5, 0.6) is 0 Å². The van der Waals surface area contributed by atoms with E-state index >= 15 is 0 Å². The Kier molecular flexibility index (Phi) is 6.07. The van der Waals surface area contributed by atoms with Crippen molar-refractivity contribution in [3.63, 3.8) is 0 Å². The molecule has 1 atom stereocenters. The molecule has 1 rings (SSSR count). The number of nitrogens with zero attached hydrogens (tertiary/aromatic N) is 1. The second kappa shape index (κ2) is 7.60. The second-order valence-electron chi connectivity index (χ2n) is 4.81. The maximum absolute atomic E-state index is 9.06. The molecule has 0 aliphatic rings. The van der Waals surface area contributed by atoms with Gasteiger partial charge in [-0.25, -0.2) is 0 Å². The zero-order valence-electron chi connectivity index (χ0n) is 11.4. The lowest BCUT2D eigenvalue weighted by molar-refractivity contribution is 0.594. The first kappa shape index (κ1) is 14.4. The summed E-state index contributed by atoms with van der Waals surface area (Å²) in [5, 5.41) is 12.4. The van der Waals surface area contributed by atoms with Gasteiger partial charge >= 0.3 is 0 Å². The van der Waals surface area contributed by atoms with Crippen LogP contribution in [0.2, 0.25) is 0 Å². The average Bonchev–Trinajstić information content (AvgIpc) is 2.37. The van der Waals surface area contributed by atoms with Crippen LogP contribution >= 0.6 is 0 Å². The van der Waals surface area contributed by atoms with Gasteiger partial charge in [0.2, 0.25) is 0 Å². The molecule has 0 fully saturated rings. The Morgan fingerprint density at radius 2 is 2.11 bits per heavy atom. The molecule has 0 aliphatic heterocycles. The number of nitrogens with one attached hydrogen (secondary N) is 1. The number of hydrogen-bond donors (Lipinski definition) is 2. The highest BCUT2D eigenvalue weighted by Gasteiger charge is 2.06. The summed E-state index contributed by atoms with van der Waals surface area (Å²) in [6.45, 7) is 4.37. The molecule has 18 heavy (non-hydrogen) atoms. The third-order valence-corrected chi connectivity index (χ3v) is 3.06. The lowest BCUT2D eigenvalue weighted by Gasteiger charge is -2.16. The molecule has 0 spiro atoms. The van der Waals surface area contributed by atoms with Crippen molar-refractivity contribution in [2.45, 2.75) is 52.0 Å². The molecule has 1 aromatic carbocycles. The van der Waals surface area contributed by atoms with Crippen LogP contribution in [0.15, 0.2) is 18.2 Å². The van der Waals surface area contributed by atoms with Gasteiger partial charge < -0.3 is 11.1 Å². The van der Waals surface area contributed by atoms with E-state index in [9.17, 15) is 0 Å². The second-order valence-corrected chi connectivity index (χ2v) is 4.81. The first-order valence-corrected chi connectivity index (χ1v) is 6.73. The Labute approximate surface area is 110 Å². The monoisotopic (exact) mass is 245 g/mol. The summed E-state index contributed by atoms with van der Waals surface area (Å²) in [4.78, 5) is 0. The maximum Gasteiger partial charge on any atom is 0.101 e. The third kappa shape index (κ3) is 4.67. The fourth-order valence-corrected chi connectivity index (χ4v) is 2.00. The van der Waals surface area contributed by atoms with Gasteiger partial charge in [0.05, 0.1) is 11.3 Å². The van der Waals surface area contributed by atoms with Crippen molar-refractivity contribution in [1.82, 2.24) is 0 Å². The lowest BCUT2D eigenvalue weighted by Crippen LogP contribution is -2.15. The minimum atomic E-state index is 0.387. The van der Waals surface area contributed by atoms with Gasteiger partial charge in [-0.3, -0.25) is 0 Å². The highest BCUT2D eigenvalue weighted by atomic mass is 14.9. The van der Waals surface area contributed by atoms with E-state index < -0.39 is 0 Å². The summed E-state index contributed by atoms with van der Waals surface area (Å²) < 4.78 is 0. The lowest BCUT2D eigenvalue weighted by atomic mass is 10.1. The van der Waals surface area contributed by atoms with Gasteiger partial charge in [-0.15, -0.1) is 0 Å². The van der Waals surface area contributed by atoms with Crippen LogP contribution in [0, 0.1) is 11.3 Å². The minimum Gasteiger partial charge on any atom is -0.399 e. The molecular formula is C15H23N3. The molecule has 0 saturated carbocycles. The first-order valence-electron chi connectivity index (χ1n) is 6.73. The van der Waals surface area contributed by atoms with Gasteiger partial charge in [-0.05, 0) is 31.5 Å². The van der Waals surface area contributed by atoms with Crippen molar-refractivity contribution in [1.29, 1.82) is 5.26 Å². The Hall–Kier alpha value is -1.69. The summed E-state index contributed by atoms with van der Waals surface area (Å²) in [6, 6.07) is 7.99. The van der Waals surface area contributed by atoms with Gasteiger partial charge in [-0.2, -0.15) is 5.26 Å². The number of nitrogens with two attached hydrogens (primary N) is 1. The Morgan fingerprint density at radius 1 is 1.33 bits per heavy atom. The quantitative estimate of drug-likeness (QED) is 0.565. The molecule has 0 radical (unpaired) electrons. The molecule has 3 nitrogen and oxygen atoms in total. The van der Waals surface area contributed by atoms with Gasteiger partial charge in [0, 0.05) is 11.7 Å². The molecule has 0 aliphatic carbocycles. The highest BCUT2D eigenvalue weighted by Crippen LogP contribution is 2.20. The number of anilines is 2. The molecule has 98 valence electrons. The summed E-state index contributed by atoms with van der Waals surface area (Å²) >= 11 is 0. The van der Waals surface area contributed by atoms with E-state index in [1.165, 1.54) is 25.7 Å². The number of nitriles is 1. The average molecular weight is 245 g/mol. The molecule has 0 amide bonds. The molecule has 1 aromatic rings. The van der Waals surface area contributed by atoms with Crippen LogP contribution in [0.3, 0.4) is 0 Å². The smallest absolute Gasteiger partial charge is 0.101 e. The van der Waals surface area contributed by atoms with Crippen LogP contribution in [0.25, 0.3) is 0 Å². The van der Waals surface area contributed by atoms with E-state index in [4.69, 9.17) is 11.0 Å². The number of unbranched alkanes of at least 4 members (excludes halogenated alkanes) is 3. The van der Waals surface area contributed by atoms with Crippen molar-refractivity contribution < 1.29 is 0 Å². The molecule has 3 N–H and O–H groups in total. The van der Waals surface area contributed by atoms with Crippen molar-refractivity contribution in [3.05, 3.63) is 23.8 Å². The summed E-state index contributed by atoms with van der Waals surface area (Å²) in [5.74, 6) is 0. The first-order chi connectivity index (χ1) is 8.67. The molecule has 1 unspecified atom stereocenters. The van der Waals surface area contributed by atoms with E-state index in [2.05, 4.69) is 25.2 Å². The number of rotatable bonds is 7. The van der Waals surface area contributed by atoms with E-state index in [0.717, 1.165) is 12.1 Å². The van der Waals surface area contributed by atoms with Crippen LogP contribution < -0.4 is 11.1 Å². The molecule has 0 saturated heterocycles. The van der Waals surface area contributed by atoms with E-state index in [0.29, 0.717) is 17.3 Å². The normalized spacial score (nSPS) is 11.8. The van der Waals surface area contributed by atoms with Crippen molar-refractivity contribution in [2.24, 2.45) is 0 Å². The number of nitrogen functional groups attached to an aromatic ring is 1. The van der Waals surface area contributed by atoms with E-state index in [1.807, 2.05) is 12.1 Å². The largest absolute Gasteiger partial charge is 0.399 e. The van der Waals surface area contributed by atoms with Gasteiger partial charge in [0.1, 0.15) is 6.07 Å². The predicted molar refractivity (Wildman–Crippen MR) is 77.4 cm³/mol. The van der Waals surface area contributed by atoms with Gasteiger partial charge in [-0.1, -0.05) is 32.6 Å². The molecule has 3 heteroatoms. The summed E-state index contributed by atoms with van der Waals surface area (Å²) in [7, 11) is 0. The van der Waals surface area contributed by atoms with Crippen molar-refractivity contribution in [2.75, 3.05) is 11.1 Å². The molecule has 0 aromatic heterocycles. The minimum absolute atomic E-state index is 0.387. The Morgan fingerprint density at radius 3 is 2.78 bits per heavy atom. The van der Waals surface area contributed by atoms with E-state index in [-0.39, 0.29) is 0 Å².